The molecule has 0 amide bonds. The number of nitrogens with two attached hydrogens (primary N) is 1. The van der Waals surface area contributed by atoms with Crippen molar-refractivity contribution in [3.8, 4) is 0 Å². The van der Waals surface area contributed by atoms with E-state index in [1.807, 2.05) is 48.5 Å². The minimum atomic E-state index is -0.118. The molecule has 4 rings (SSSR count). The second-order valence-corrected chi connectivity index (χ2v) is 5.17. The molecule has 0 saturated carbocycles. The van der Waals surface area contributed by atoms with Crippen molar-refractivity contribution in [2.45, 2.75) is 0 Å². The van der Waals surface area contributed by atoms with Crippen molar-refractivity contribution in [3.63, 3.8) is 0 Å². The van der Waals surface area contributed by atoms with E-state index in [4.69, 9.17) is 5.73 Å². The zero-order chi connectivity index (χ0) is 15.1. The lowest BCUT2D eigenvalue weighted by atomic mass is 9.99. The summed E-state index contributed by atoms with van der Waals surface area (Å²) < 4.78 is 0. The summed E-state index contributed by atoms with van der Waals surface area (Å²) >= 11 is 0. The van der Waals surface area contributed by atoms with Crippen LogP contribution >= 0.6 is 0 Å². The highest BCUT2D eigenvalue weighted by Crippen LogP contribution is 2.27. The lowest BCUT2D eigenvalue weighted by Gasteiger charge is -2.05. The maximum atomic E-state index is 12.9. The Morgan fingerprint density at radius 1 is 0.955 bits per heavy atom. The molecule has 4 aromatic rings. The van der Waals surface area contributed by atoms with Crippen LogP contribution in [0.5, 0.6) is 0 Å². The molecule has 0 unspecified atom stereocenters. The van der Waals surface area contributed by atoms with E-state index in [-0.39, 0.29) is 5.78 Å². The van der Waals surface area contributed by atoms with Crippen LogP contribution in [-0.4, -0.2) is 15.8 Å². The summed E-state index contributed by atoms with van der Waals surface area (Å²) in [5.41, 5.74) is 8.23. The topological polar surface area (TPSA) is 71.8 Å². The van der Waals surface area contributed by atoms with Crippen LogP contribution in [0.15, 0.2) is 60.8 Å². The Kier molecular flexibility index (Phi) is 2.69. The van der Waals surface area contributed by atoms with Gasteiger partial charge in [0.1, 0.15) is 11.3 Å². The Bertz CT molecular complexity index is 1010. The van der Waals surface area contributed by atoms with Gasteiger partial charge in [0.15, 0.2) is 0 Å². The molecule has 0 aliphatic rings. The summed E-state index contributed by atoms with van der Waals surface area (Å²) in [4.78, 5) is 20.2. The van der Waals surface area contributed by atoms with Crippen LogP contribution in [0.25, 0.3) is 21.8 Å². The number of hydrogen-bond donors (Lipinski definition) is 2. The Labute approximate surface area is 126 Å². The number of ketones is 1. The van der Waals surface area contributed by atoms with Crippen molar-refractivity contribution in [1.82, 2.24) is 9.97 Å². The van der Waals surface area contributed by atoms with Crippen LogP contribution in [0.2, 0.25) is 0 Å². The SMILES string of the molecule is Nc1c(C(=O)c2cccc3ccccc23)[nH]c2ncccc12. The molecule has 2 heterocycles. The van der Waals surface area contributed by atoms with Gasteiger partial charge in [-0.25, -0.2) is 4.98 Å². The standard InChI is InChI=1S/C18H13N3O/c19-15-14-9-4-10-20-18(14)21-16(15)17(22)13-8-3-6-11-5-1-2-7-12(11)13/h1-10H,19H2,(H,20,21). The fourth-order valence-corrected chi connectivity index (χ4v) is 2.78. The molecule has 4 nitrogen and oxygen atoms in total. The first-order valence-electron chi connectivity index (χ1n) is 7.00. The second-order valence-electron chi connectivity index (χ2n) is 5.17. The zero-order valence-electron chi connectivity index (χ0n) is 11.7. The minimum absolute atomic E-state index is 0.118. The van der Waals surface area contributed by atoms with Crippen LogP contribution in [0.4, 0.5) is 5.69 Å². The molecule has 0 atom stereocenters. The quantitative estimate of drug-likeness (QED) is 0.554. The van der Waals surface area contributed by atoms with E-state index in [2.05, 4.69) is 9.97 Å². The molecule has 0 spiro atoms. The number of hydrogen-bond acceptors (Lipinski definition) is 3. The van der Waals surface area contributed by atoms with Gasteiger partial charge in [-0.1, -0.05) is 42.5 Å². The number of aromatic nitrogens is 2. The van der Waals surface area contributed by atoms with Gasteiger partial charge in [0.25, 0.3) is 0 Å². The van der Waals surface area contributed by atoms with Gasteiger partial charge in [0.05, 0.1) is 5.69 Å². The number of aromatic amines is 1. The summed E-state index contributed by atoms with van der Waals surface area (Å²) in [5.74, 6) is -0.118. The van der Waals surface area contributed by atoms with E-state index >= 15 is 0 Å². The molecule has 0 radical (unpaired) electrons. The third kappa shape index (κ3) is 1.78. The van der Waals surface area contributed by atoms with Gasteiger partial charge in [-0.2, -0.15) is 0 Å². The van der Waals surface area contributed by atoms with Crippen LogP contribution in [0, 0.1) is 0 Å². The zero-order valence-corrected chi connectivity index (χ0v) is 11.7. The van der Waals surface area contributed by atoms with Crippen LogP contribution < -0.4 is 5.73 Å². The van der Waals surface area contributed by atoms with Crippen molar-refractivity contribution in [3.05, 3.63) is 72.1 Å². The summed E-state index contributed by atoms with van der Waals surface area (Å²) in [5, 5.41) is 2.72. The van der Waals surface area contributed by atoms with E-state index in [9.17, 15) is 4.79 Å². The molecule has 22 heavy (non-hydrogen) atoms. The number of nitrogen functional groups attached to an aromatic ring is 1. The largest absolute Gasteiger partial charge is 0.396 e. The third-order valence-corrected chi connectivity index (χ3v) is 3.87. The molecule has 0 saturated heterocycles. The Morgan fingerprint density at radius 3 is 2.59 bits per heavy atom. The van der Waals surface area contributed by atoms with Crippen molar-refractivity contribution in [2.75, 3.05) is 5.73 Å². The van der Waals surface area contributed by atoms with E-state index in [0.717, 1.165) is 16.2 Å². The number of rotatable bonds is 2. The lowest BCUT2D eigenvalue weighted by Crippen LogP contribution is -2.05. The van der Waals surface area contributed by atoms with Crippen LogP contribution in [0.3, 0.4) is 0 Å². The molecule has 0 aliphatic heterocycles. The van der Waals surface area contributed by atoms with Gasteiger partial charge in [0.2, 0.25) is 5.78 Å². The molecule has 0 aliphatic carbocycles. The molecule has 0 bridgehead atoms. The fraction of sp³-hybridized carbons (Fsp3) is 0. The number of nitrogens with one attached hydrogen (secondary N) is 1. The number of carbonyl (C=O) groups excluding carboxylic acids is 1. The highest BCUT2D eigenvalue weighted by Gasteiger charge is 2.19. The number of carbonyl (C=O) groups is 1. The smallest absolute Gasteiger partial charge is 0.211 e. The number of nitrogens with zero attached hydrogens (tertiary/aromatic N) is 1. The Balaban J connectivity index is 1.94. The maximum absolute atomic E-state index is 12.9. The van der Waals surface area contributed by atoms with Crippen LogP contribution in [-0.2, 0) is 0 Å². The van der Waals surface area contributed by atoms with Gasteiger partial charge < -0.3 is 10.7 Å². The molecule has 0 fully saturated rings. The number of H-pyrrole nitrogens is 1. The molecular formula is C18H13N3O. The average Bonchev–Trinajstić information content (AvgIpc) is 2.91. The van der Waals surface area contributed by atoms with E-state index in [0.29, 0.717) is 22.6 Å². The number of anilines is 1. The van der Waals surface area contributed by atoms with Crippen molar-refractivity contribution in [1.29, 1.82) is 0 Å². The Hall–Kier alpha value is -3.14. The molecular weight excluding hydrogens is 274 g/mol. The highest BCUT2D eigenvalue weighted by molar-refractivity contribution is 6.20. The van der Waals surface area contributed by atoms with Gasteiger partial charge in [-0.05, 0) is 22.9 Å². The van der Waals surface area contributed by atoms with Gasteiger partial charge in [-0.3, -0.25) is 4.79 Å². The number of fused-ring (bicyclic) bond motifs is 2. The molecule has 106 valence electrons. The highest BCUT2D eigenvalue weighted by atomic mass is 16.1. The van der Waals surface area contributed by atoms with E-state index in [1.165, 1.54) is 0 Å². The minimum Gasteiger partial charge on any atom is -0.396 e. The van der Waals surface area contributed by atoms with Gasteiger partial charge in [-0.15, -0.1) is 0 Å². The summed E-state index contributed by atoms with van der Waals surface area (Å²) in [6.45, 7) is 0. The average molecular weight is 287 g/mol. The summed E-state index contributed by atoms with van der Waals surface area (Å²) in [6, 6.07) is 17.2. The monoisotopic (exact) mass is 287 g/mol. The molecule has 3 N–H and O–H groups in total. The van der Waals surface area contributed by atoms with Gasteiger partial charge in [0, 0.05) is 17.1 Å². The summed E-state index contributed by atoms with van der Waals surface area (Å²) in [7, 11) is 0. The number of benzene rings is 2. The Morgan fingerprint density at radius 2 is 1.73 bits per heavy atom. The van der Waals surface area contributed by atoms with Gasteiger partial charge >= 0.3 is 0 Å². The molecule has 2 aromatic carbocycles. The van der Waals surface area contributed by atoms with Crippen molar-refractivity contribution in [2.24, 2.45) is 0 Å². The second kappa shape index (κ2) is 4.70. The predicted octanol–water partition coefficient (Wildman–Crippen LogP) is 3.53. The third-order valence-electron chi connectivity index (χ3n) is 3.87. The predicted molar refractivity (Wildman–Crippen MR) is 87.9 cm³/mol. The van der Waals surface area contributed by atoms with E-state index in [1.54, 1.807) is 12.3 Å². The van der Waals surface area contributed by atoms with E-state index < -0.39 is 0 Å². The van der Waals surface area contributed by atoms with Crippen molar-refractivity contribution < 1.29 is 4.79 Å². The summed E-state index contributed by atoms with van der Waals surface area (Å²) in [6.07, 6.45) is 1.67. The molecule has 4 heteroatoms. The lowest BCUT2D eigenvalue weighted by molar-refractivity contribution is 0.103. The first-order valence-corrected chi connectivity index (χ1v) is 7.00. The molecule has 2 aromatic heterocycles. The number of pyridine rings is 1. The fourth-order valence-electron chi connectivity index (χ4n) is 2.78. The first kappa shape index (κ1) is 12.6. The maximum Gasteiger partial charge on any atom is 0.211 e. The first-order chi connectivity index (χ1) is 10.8. The normalized spacial score (nSPS) is 11.1. The van der Waals surface area contributed by atoms with Crippen LogP contribution in [0.1, 0.15) is 16.1 Å². The van der Waals surface area contributed by atoms with Crippen molar-refractivity contribution >= 4 is 33.3 Å².